The van der Waals surface area contributed by atoms with Crippen molar-refractivity contribution < 1.29 is 4.74 Å². The monoisotopic (exact) mass is 200 g/mol. The van der Waals surface area contributed by atoms with Crippen molar-refractivity contribution in [1.29, 1.82) is 0 Å². The Balaban J connectivity index is 2.10. The molecule has 1 aliphatic heterocycles. The molecule has 0 amide bonds. The largest absolute Gasteiger partial charge is 0.379 e. The molecule has 1 saturated heterocycles. The molecule has 0 radical (unpaired) electrons. The summed E-state index contributed by atoms with van der Waals surface area (Å²) < 4.78 is 5.34. The molecular weight excluding hydrogens is 176 g/mol. The third-order valence-corrected chi connectivity index (χ3v) is 2.78. The van der Waals surface area contributed by atoms with E-state index < -0.39 is 0 Å². The summed E-state index contributed by atoms with van der Waals surface area (Å²) in [6.45, 7) is 11.8. The maximum atomic E-state index is 5.34. The van der Waals surface area contributed by atoms with E-state index in [9.17, 15) is 0 Å². The lowest BCUT2D eigenvalue weighted by Crippen LogP contribution is -2.43. The summed E-state index contributed by atoms with van der Waals surface area (Å²) in [5, 5.41) is 3.46. The summed E-state index contributed by atoms with van der Waals surface area (Å²) in [6, 6.07) is 1.29. The molecule has 14 heavy (non-hydrogen) atoms. The normalized spacial score (nSPS) is 21.4. The van der Waals surface area contributed by atoms with Crippen molar-refractivity contribution in [3.63, 3.8) is 0 Å². The molecule has 84 valence electrons. The van der Waals surface area contributed by atoms with Gasteiger partial charge in [0.2, 0.25) is 0 Å². The van der Waals surface area contributed by atoms with Gasteiger partial charge in [-0.2, -0.15) is 0 Å². The highest BCUT2D eigenvalue weighted by molar-refractivity contribution is 4.71. The van der Waals surface area contributed by atoms with Crippen molar-refractivity contribution in [2.75, 3.05) is 32.8 Å². The summed E-state index contributed by atoms with van der Waals surface area (Å²) in [4.78, 5) is 2.52. The average Bonchev–Trinajstić information content (AvgIpc) is 2.18. The Morgan fingerprint density at radius 3 is 2.43 bits per heavy atom. The molecule has 0 bridgehead atoms. The number of hydrogen-bond acceptors (Lipinski definition) is 3. The SMILES string of the molecule is CC(C)NCCC(C)N1CCOCC1. The fraction of sp³-hybridized carbons (Fsp3) is 1.00. The van der Waals surface area contributed by atoms with Gasteiger partial charge in [0.05, 0.1) is 13.2 Å². The van der Waals surface area contributed by atoms with Crippen molar-refractivity contribution in [2.45, 2.75) is 39.3 Å². The minimum absolute atomic E-state index is 0.604. The van der Waals surface area contributed by atoms with E-state index in [1.165, 1.54) is 6.42 Å². The van der Waals surface area contributed by atoms with Crippen LogP contribution in [-0.2, 0) is 4.74 Å². The molecule has 3 nitrogen and oxygen atoms in total. The highest BCUT2D eigenvalue weighted by atomic mass is 16.5. The number of nitrogens with zero attached hydrogens (tertiary/aromatic N) is 1. The fourth-order valence-electron chi connectivity index (χ4n) is 1.78. The number of hydrogen-bond donors (Lipinski definition) is 1. The first-order valence-electron chi connectivity index (χ1n) is 5.75. The van der Waals surface area contributed by atoms with Gasteiger partial charge >= 0.3 is 0 Å². The molecule has 0 aromatic carbocycles. The number of rotatable bonds is 5. The second-order valence-electron chi connectivity index (χ2n) is 4.39. The fourth-order valence-corrected chi connectivity index (χ4v) is 1.78. The van der Waals surface area contributed by atoms with E-state index in [-0.39, 0.29) is 0 Å². The van der Waals surface area contributed by atoms with E-state index in [0.29, 0.717) is 12.1 Å². The highest BCUT2D eigenvalue weighted by Gasteiger charge is 2.16. The molecule has 1 N–H and O–H groups in total. The molecule has 3 heteroatoms. The molecule has 1 fully saturated rings. The van der Waals surface area contributed by atoms with Gasteiger partial charge in [-0.25, -0.2) is 0 Å². The Morgan fingerprint density at radius 1 is 1.21 bits per heavy atom. The topological polar surface area (TPSA) is 24.5 Å². The van der Waals surface area contributed by atoms with Gasteiger partial charge in [0.1, 0.15) is 0 Å². The summed E-state index contributed by atoms with van der Waals surface area (Å²) in [7, 11) is 0. The van der Waals surface area contributed by atoms with Crippen LogP contribution in [0.1, 0.15) is 27.2 Å². The number of nitrogens with one attached hydrogen (secondary N) is 1. The molecule has 0 aromatic rings. The zero-order valence-corrected chi connectivity index (χ0v) is 9.75. The van der Waals surface area contributed by atoms with Gasteiger partial charge in [0.25, 0.3) is 0 Å². The summed E-state index contributed by atoms with van der Waals surface area (Å²) in [5.74, 6) is 0. The van der Waals surface area contributed by atoms with Crippen LogP contribution in [0.3, 0.4) is 0 Å². The maximum Gasteiger partial charge on any atom is 0.0594 e. The maximum absolute atomic E-state index is 5.34. The van der Waals surface area contributed by atoms with Gasteiger partial charge in [0.15, 0.2) is 0 Å². The first-order chi connectivity index (χ1) is 6.70. The molecule has 0 aromatic heterocycles. The van der Waals surface area contributed by atoms with Crippen LogP contribution in [0.15, 0.2) is 0 Å². The van der Waals surface area contributed by atoms with Gasteiger partial charge in [-0.15, -0.1) is 0 Å². The van der Waals surface area contributed by atoms with Gasteiger partial charge in [-0.3, -0.25) is 4.90 Å². The van der Waals surface area contributed by atoms with Gasteiger partial charge in [-0.1, -0.05) is 13.8 Å². The van der Waals surface area contributed by atoms with Crippen molar-refractivity contribution in [3.8, 4) is 0 Å². The zero-order chi connectivity index (χ0) is 10.4. The van der Waals surface area contributed by atoms with Crippen molar-refractivity contribution in [3.05, 3.63) is 0 Å². The van der Waals surface area contributed by atoms with Crippen LogP contribution in [0.4, 0.5) is 0 Å². The zero-order valence-electron chi connectivity index (χ0n) is 9.75. The predicted octanol–water partition coefficient (Wildman–Crippen LogP) is 1.10. The van der Waals surface area contributed by atoms with E-state index in [4.69, 9.17) is 4.74 Å². The molecule has 1 atom stereocenters. The van der Waals surface area contributed by atoms with Crippen molar-refractivity contribution in [1.82, 2.24) is 10.2 Å². The van der Waals surface area contributed by atoms with Crippen LogP contribution >= 0.6 is 0 Å². The van der Waals surface area contributed by atoms with E-state index >= 15 is 0 Å². The van der Waals surface area contributed by atoms with E-state index in [2.05, 4.69) is 31.0 Å². The minimum Gasteiger partial charge on any atom is -0.379 e. The Hall–Kier alpha value is -0.120. The number of ether oxygens (including phenoxy) is 1. The van der Waals surface area contributed by atoms with Crippen molar-refractivity contribution in [2.24, 2.45) is 0 Å². The molecule has 0 saturated carbocycles. The molecule has 1 rings (SSSR count). The average molecular weight is 200 g/mol. The smallest absolute Gasteiger partial charge is 0.0594 e. The lowest BCUT2D eigenvalue weighted by atomic mass is 10.2. The Morgan fingerprint density at radius 2 is 1.86 bits per heavy atom. The standard InChI is InChI=1S/C11H24N2O/c1-10(2)12-5-4-11(3)13-6-8-14-9-7-13/h10-12H,4-9H2,1-3H3. The van der Waals surface area contributed by atoms with Crippen LogP contribution in [0.5, 0.6) is 0 Å². The first-order valence-corrected chi connectivity index (χ1v) is 5.75. The molecule has 1 heterocycles. The van der Waals surface area contributed by atoms with Crippen molar-refractivity contribution >= 4 is 0 Å². The second-order valence-corrected chi connectivity index (χ2v) is 4.39. The van der Waals surface area contributed by atoms with E-state index in [1.54, 1.807) is 0 Å². The highest BCUT2D eigenvalue weighted by Crippen LogP contribution is 2.06. The van der Waals surface area contributed by atoms with Gasteiger partial charge in [-0.05, 0) is 19.9 Å². The summed E-state index contributed by atoms with van der Waals surface area (Å²) in [5.41, 5.74) is 0. The Labute approximate surface area is 87.8 Å². The molecule has 0 aliphatic carbocycles. The molecular formula is C11H24N2O. The van der Waals surface area contributed by atoms with Gasteiger partial charge in [0, 0.05) is 25.2 Å². The van der Waals surface area contributed by atoms with Crippen LogP contribution in [0.2, 0.25) is 0 Å². The van der Waals surface area contributed by atoms with Crippen LogP contribution in [-0.4, -0.2) is 49.8 Å². The van der Waals surface area contributed by atoms with E-state index in [0.717, 1.165) is 32.8 Å². The quantitative estimate of drug-likeness (QED) is 0.719. The Kier molecular flexibility index (Phi) is 5.45. The van der Waals surface area contributed by atoms with Crippen LogP contribution in [0.25, 0.3) is 0 Å². The molecule has 1 aliphatic rings. The number of morpholine rings is 1. The lowest BCUT2D eigenvalue weighted by Gasteiger charge is -2.32. The summed E-state index contributed by atoms with van der Waals surface area (Å²) >= 11 is 0. The van der Waals surface area contributed by atoms with Crippen LogP contribution < -0.4 is 5.32 Å². The van der Waals surface area contributed by atoms with Gasteiger partial charge < -0.3 is 10.1 Å². The Bertz CT molecular complexity index is 144. The first kappa shape index (κ1) is 12.0. The molecule has 0 spiro atoms. The molecule has 1 unspecified atom stereocenters. The third kappa shape index (κ3) is 4.40. The summed E-state index contributed by atoms with van der Waals surface area (Å²) in [6.07, 6.45) is 1.23. The third-order valence-electron chi connectivity index (χ3n) is 2.78. The second kappa shape index (κ2) is 6.38. The lowest BCUT2D eigenvalue weighted by molar-refractivity contribution is 0.0186. The van der Waals surface area contributed by atoms with Crippen LogP contribution in [0, 0.1) is 0 Å². The minimum atomic E-state index is 0.604. The predicted molar refractivity (Wildman–Crippen MR) is 59.6 cm³/mol. The van der Waals surface area contributed by atoms with E-state index in [1.807, 2.05) is 0 Å².